The molecule has 0 bridgehead atoms. The van der Waals surface area contributed by atoms with E-state index in [0.717, 1.165) is 24.8 Å². The van der Waals surface area contributed by atoms with Gasteiger partial charge in [-0.1, -0.05) is 19.1 Å². The molecular formula is C17H27NO2. The molecule has 0 amide bonds. The minimum Gasteiger partial charge on any atom is -0.491 e. The lowest BCUT2D eigenvalue weighted by Gasteiger charge is -2.29. The van der Waals surface area contributed by atoms with Crippen molar-refractivity contribution < 1.29 is 9.47 Å². The number of aryl methyl sites for hydroxylation is 1. The van der Waals surface area contributed by atoms with Crippen LogP contribution in [0, 0.1) is 12.8 Å². The fourth-order valence-electron chi connectivity index (χ4n) is 2.50. The van der Waals surface area contributed by atoms with Crippen molar-refractivity contribution in [3.63, 3.8) is 0 Å². The fraction of sp³-hybridized carbons (Fsp3) is 0.647. The minimum absolute atomic E-state index is 0.625. The van der Waals surface area contributed by atoms with Gasteiger partial charge < -0.3 is 14.4 Å². The van der Waals surface area contributed by atoms with Crippen LogP contribution in [0.2, 0.25) is 0 Å². The number of rotatable bonds is 7. The normalized spacial score (nSPS) is 17.3. The monoisotopic (exact) mass is 277 g/mol. The molecule has 1 aromatic carbocycles. The molecule has 1 fully saturated rings. The Balaban J connectivity index is 1.49. The Morgan fingerprint density at radius 3 is 2.70 bits per heavy atom. The number of likely N-dealkylation sites (tertiary alicyclic amines) is 1. The second-order valence-electron chi connectivity index (χ2n) is 5.80. The van der Waals surface area contributed by atoms with Crippen LogP contribution in [0.5, 0.6) is 5.75 Å². The zero-order chi connectivity index (χ0) is 14.2. The van der Waals surface area contributed by atoms with E-state index in [9.17, 15) is 0 Å². The summed E-state index contributed by atoms with van der Waals surface area (Å²) in [4.78, 5) is 2.50. The molecule has 1 aliphatic rings. The molecular weight excluding hydrogens is 250 g/mol. The van der Waals surface area contributed by atoms with Crippen molar-refractivity contribution >= 4 is 0 Å². The highest BCUT2D eigenvalue weighted by atomic mass is 16.5. The Kier molecular flexibility index (Phi) is 6.34. The predicted molar refractivity (Wildman–Crippen MR) is 82.3 cm³/mol. The van der Waals surface area contributed by atoms with E-state index in [2.05, 4.69) is 30.9 Å². The van der Waals surface area contributed by atoms with Gasteiger partial charge in [-0.05, 0) is 56.5 Å². The first-order valence-corrected chi connectivity index (χ1v) is 7.73. The van der Waals surface area contributed by atoms with Gasteiger partial charge in [0, 0.05) is 6.54 Å². The summed E-state index contributed by atoms with van der Waals surface area (Å²) < 4.78 is 11.3. The van der Waals surface area contributed by atoms with E-state index < -0.39 is 0 Å². The van der Waals surface area contributed by atoms with E-state index in [1.807, 2.05) is 12.1 Å². The molecule has 1 saturated heterocycles. The van der Waals surface area contributed by atoms with E-state index in [4.69, 9.17) is 9.47 Å². The summed E-state index contributed by atoms with van der Waals surface area (Å²) in [5.41, 5.74) is 1.22. The highest BCUT2D eigenvalue weighted by Gasteiger charge is 2.14. The van der Waals surface area contributed by atoms with Gasteiger partial charge in [0.1, 0.15) is 12.4 Å². The summed E-state index contributed by atoms with van der Waals surface area (Å²) in [5.74, 6) is 1.83. The minimum atomic E-state index is 0.625. The molecule has 3 heteroatoms. The third kappa shape index (κ3) is 5.51. The van der Waals surface area contributed by atoms with Crippen LogP contribution < -0.4 is 4.74 Å². The average Bonchev–Trinajstić information content (AvgIpc) is 2.45. The van der Waals surface area contributed by atoms with Crippen LogP contribution in [0.15, 0.2) is 24.3 Å². The number of hydrogen-bond acceptors (Lipinski definition) is 3. The molecule has 0 N–H and O–H groups in total. The first-order chi connectivity index (χ1) is 9.74. The molecule has 0 spiro atoms. The average molecular weight is 277 g/mol. The highest BCUT2D eigenvalue weighted by molar-refractivity contribution is 5.27. The first-order valence-electron chi connectivity index (χ1n) is 7.73. The van der Waals surface area contributed by atoms with Gasteiger partial charge in [0.25, 0.3) is 0 Å². The van der Waals surface area contributed by atoms with Gasteiger partial charge in [0.05, 0.1) is 13.2 Å². The number of piperidine rings is 1. The van der Waals surface area contributed by atoms with Crippen LogP contribution in [-0.2, 0) is 4.74 Å². The Bertz CT molecular complexity index is 386. The third-order valence-electron chi connectivity index (χ3n) is 3.91. The zero-order valence-electron chi connectivity index (χ0n) is 12.8. The molecule has 0 unspecified atom stereocenters. The number of benzene rings is 1. The van der Waals surface area contributed by atoms with Crippen LogP contribution in [0.25, 0.3) is 0 Å². The lowest BCUT2D eigenvalue weighted by Crippen LogP contribution is -2.35. The number of nitrogens with zero attached hydrogens (tertiary/aromatic N) is 1. The van der Waals surface area contributed by atoms with Crippen molar-refractivity contribution in [2.45, 2.75) is 26.7 Å². The quantitative estimate of drug-likeness (QED) is 0.715. The molecule has 112 valence electrons. The van der Waals surface area contributed by atoms with Gasteiger partial charge in [-0.25, -0.2) is 0 Å². The Morgan fingerprint density at radius 1 is 1.15 bits per heavy atom. The Morgan fingerprint density at radius 2 is 1.95 bits per heavy atom. The maximum Gasteiger partial charge on any atom is 0.119 e. The lowest BCUT2D eigenvalue weighted by atomic mass is 9.99. The molecule has 1 aliphatic heterocycles. The number of hydrogen-bond donors (Lipinski definition) is 0. The fourth-order valence-corrected chi connectivity index (χ4v) is 2.50. The summed E-state index contributed by atoms with van der Waals surface area (Å²) in [5, 5.41) is 0. The van der Waals surface area contributed by atoms with Crippen LogP contribution in [-0.4, -0.2) is 44.4 Å². The van der Waals surface area contributed by atoms with Gasteiger partial charge in [-0.2, -0.15) is 0 Å². The van der Waals surface area contributed by atoms with Crippen LogP contribution in [0.4, 0.5) is 0 Å². The molecule has 1 aromatic rings. The lowest BCUT2D eigenvalue weighted by molar-refractivity contribution is 0.0708. The molecule has 20 heavy (non-hydrogen) atoms. The summed E-state index contributed by atoms with van der Waals surface area (Å²) in [7, 11) is 0. The topological polar surface area (TPSA) is 21.7 Å². The predicted octanol–water partition coefficient (Wildman–Crippen LogP) is 3.12. The summed E-state index contributed by atoms with van der Waals surface area (Å²) >= 11 is 0. The molecule has 0 aliphatic carbocycles. The number of ether oxygens (including phenoxy) is 2. The first kappa shape index (κ1) is 15.3. The van der Waals surface area contributed by atoms with E-state index in [1.165, 1.54) is 31.5 Å². The second kappa shape index (κ2) is 8.28. The maximum atomic E-state index is 5.65. The molecule has 2 rings (SSSR count). The Hall–Kier alpha value is -1.06. The van der Waals surface area contributed by atoms with E-state index in [0.29, 0.717) is 13.2 Å². The van der Waals surface area contributed by atoms with Crippen molar-refractivity contribution in [2.75, 3.05) is 39.5 Å². The van der Waals surface area contributed by atoms with Crippen molar-refractivity contribution in [1.29, 1.82) is 0 Å². The van der Waals surface area contributed by atoms with Gasteiger partial charge >= 0.3 is 0 Å². The van der Waals surface area contributed by atoms with Crippen LogP contribution in [0.3, 0.4) is 0 Å². The third-order valence-corrected chi connectivity index (χ3v) is 3.91. The van der Waals surface area contributed by atoms with Crippen molar-refractivity contribution in [2.24, 2.45) is 5.92 Å². The van der Waals surface area contributed by atoms with Crippen molar-refractivity contribution in [3.8, 4) is 5.75 Å². The van der Waals surface area contributed by atoms with Gasteiger partial charge in [0.15, 0.2) is 0 Å². The molecule has 0 radical (unpaired) electrons. The molecule has 1 heterocycles. The summed E-state index contributed by atoms with van der Waals surface area (Å²) in [6, 6.07) is 8.13. The summed E-state index contributed by atoms with van der Waals surface area (Å²) in [6.45, 7) is 10.0. The largest absolute Gasteiger partial charge is 0.491 e. The molecule has 3 nitrogen and oxygen atoms in total. The SMILES string of the molecule is Cc1cccc(OCCOCCN2CCC(C)CC2)c1. The second-order valence-corrected chi connectivity index (χ2v) is 5.80. The van der Waals surface area contributed by atoms with Crippen molar-refractivity contribution in [1.82, 2.24) is 4.90 Å². The summed E-state index contributed by atoms with van der Waals surface area (Å²) in [6.07, 6.45) is 2.66. The molecule has 0 saturated carbocycles. The molecule has 0 atom stereocenters. The highest BCUT2D eigenvalue weighted by Crippen LogP contribution is 2.15. The Labute approximate surface area is 122 Å². The van der Waals surface area contributed by atoms with E-state index >= 15 is 0 Å². The molecule has 0 aromatic heterocycles. The smallest absolute Gasteiger partial charge is 0.119 e. The van der Waals surface area contributed by atoms with E-state index in [-0.39, 0.29) is 0 Å². The van der Waals surface area contributed by atoms with Gasteiger partial charge in [0.2, 0.25) is 0 Å². The van der Waals surface area contributed by atoms with Gasteiger partial charge in [-0.15, -0.1) is 0 Å². The van der Waals surface area contributed by atoms with Crippen LogP contribution >= 0.6 is 0 Å². The van der Waals surface area contributed by atoms with E-state index in [1.54, 1.807) is 0 Å². The van der Waals surface area contributed by atoms with Crippen molar-refractivity contribution in [3.05, 3.63) is 29.8 Å². The zero-order valence-corrected chi connectivity index (χ0v) is 12.8. The standard InChI is InChI=1S/C17H27NO2/c1-15-6-8-18(9-7-15)10-11-19-12-13-20-17-5-3-4-16(2)14-17/h3-5,14-15H,6-13H2,1-2H3. The van der Waals surface area contributed by atoms with Gasteiger partial charge in [-0.3, -0.25) is 0 Å². The maximum absolute atomic E-state index is 5.65. The van der Waals surface area contributed by atoms with Crippen LogP contribution in [0.1, 0.15) is 25.3 Å².